The first-order valence-electron chi connectivity index (χ1n) is 3.94. The topological polar surface area (TPSA) is 63.3 Å². The van der Waals surface area contributed by atoms with E-state index in [9.17, 15) is 9.18 Å². The SMILES string of the molecule is NCC(C(=O)O)c1cc(Br)ccc1F. The molecule has 1 atom stereocenters. The van der Waals surface area contributed by atoms with E-state index in [0.29, 0.717) is 4.47 Å². The van der Waals surface area contributed by atoms with E-state index in [1.54, 1.807) is 0 Å². The summed E-state index contributed by atoms with van der Waals surface area (Å²) in [4.78, 5) is 10.7. The number of carboxylic acids is 1. The van der Waals surface area contributed by atoms with Gasteiger partial charge >= 0.3 is 5.97 Å². The second-order valence-corrected chi connectivity index (χ2v) is 3.71. The lowest BCUT2D eigenvalue weighted by atomic mass is 9.99. The van der Waals surface area contributed by atoms with Crippen LogP contribution in [0, 0.1) is 5.82 Å². The molecule has 0 heterocycles. The quantitative estimate of drug-likeness (QED) is 0.871. The zero-order valence-corrected chi connectivity index (χ0v) is 8.79. The van der Waals surface area contributed by atoms with Crippen molar-refractivity contribution in [2.75, 3.05) is 6.54 Å². The lowest BCUT2D eigenvalue weighted by Crippen LogP contribution is -2.22. The minimum atomic E-state index is -1.12. The first kappa shape index (κ1) is 11.1. The predicted molar refractivity (Wildman–Crippen MR) is 53.5 cm³/mol. The van der Waals surface area contributed by atoms with Crippen molar-refractivity contribution in [2.45, 2.75) is 5.92 Å². The molecule has 0 aromatic heterocycles. The summed E-state index contributed by atoms with van der Waals surface area (Å²) in [6.07, 6.45) is 0. The van der Waals surface area contributed by atoms with Crippen molar-refractivity contribution < 1.29 is 14.3 Å². The molecule has 0 aliphatic rings. The monoisotopic (exact) mass is 261 g/mol. The first-order chi connectivity index (χ1) is 6.56. The highest BCUT2D eigenvalue weighted by molar-refractivity contribution is 9.10. The number of hydrogen-bond donors (Lipinski definition) is 2. The minimum Gasteiger partial charge on any atom is -0.481 e. The van der Waals surface area contributed by atoms with Gasteiger partial charge in [-0.3, -0.25) is 4.79 Å². The molecular formula is C9H9BrFNO2. The second kappa shape index (κ2) is 4.52. The Hall–Kier alpha value is -0.940. The molecular weight excluding hydrogens is 253 g/mol. The number of rotatable bonds is 3. The van der Waals surface area contributed by atoms with Gasteiger partial charge in [-0.05, 0) is 18.2 Å². The molecule has 1 rings (SSSR count). The van der Waals surface area contributed by atoms with E-state index < -0.39 is 17.7 Å². The van der Waals surface area contributed by atoms with Crippen LogP contribution >= 0.6 is 15.9 Å². The Bertz CT molecular complexity index is 357. The fourth-order valence-electron chi connectivity index (χ4n) is 1.14. The Labute approximate surface area is 88.9 Å². The average molecular weight is 262 g/mol. The Morgan fingerprint density at radius 2 is 2.29 bits per heavy atom. The molecule has 0 amide bonds. The third-order valence-corrected chi connectivity index (χ3v) is 2.36. The highest BCUT2D eigenvalue weighted by Gasteiger charge is 2.21. The molecule has 3 nitrogen and oxygen atoms in total. The molecule has 0 spiro atoms. The largest absolute Gasteiger partial charge is 0.481 e. The fraction of sp³-hybridized carbons (Fsp3) is 0.222. The van der Waals surface area contributed by atoms with Crippen LogP contribution in [0.15, 0.2) is 22.7 Å². The summed E-state index contributed by atoms with van der Waals surface area (Å²) in [6, 6.07) is 4.15. The van der Waals surface area contributed by atoms with Crippen LogP contribution in [0.4, 0.5) is 4.39 Å². The lowest BCUT2D eigenvalue weighted by Gasteiger charge is -2.11. The van der Waals surface area contributed by atoms with Crippen LogP contribution in [0.5, 0.6) is 0 Å². The van der Waals surface area contributed by atoms with Crippen molar-refractivity contribution in [3.05, 3.63) is 34.1 Å². The van der Waals surface area contributed by atoms with Gasteiger partial charge in [0, 0.05) is 16.6 Å². The Balaban J connectivity index is 3.15. The molecule has 14 heavy (non-hydrogen) atoms. The smallest absolute Gasteiger partial charge is 0.312 e. The van der Waals surface area contributed by atoms with Crippen LogP contribution in [0.1, 0.15) is 11.5 Å². The van der Waals surface area contributed by atoms with E-state index in [-0.39, 0.29) is 12.1 Å². The van der Waals surface area contributed by atoms with Crippen molar-refractivity contribution in [1.29, 1.82) is 0 Å². The number of halogens is 2. The number of carbonyl (C=O) groups is 1. The van der Waals surface area contributed by atoms with E-state index in [4.69, 9.17) is 10.8 Å². The van der Waals surface area contributed by atoms with Crippen molar-refractivity contribution >= 4 is 21.9 Å². The summed E-state index contributed by atoms with van der Waals surface area (Å²) in [5.41, 5.74) is 5.37. The first-order valence-corrected chi connectivity index (χ1v) is 4.73. The van der Waals surface area contributed by atoms with Gasteiger partial charge in [0.1, 0.15) is 5.82 Å². The van der Waals surface area contributed by atoms with Gasteiger partial charge in [0.2, 0.25) is 0 Å². The number of carboxylic acid groups (broad SMARTS) is 1. The van der Waals surface area contributed by atoms with Gasteiger partial charge in [0.15, 0.2) is 0 Å². The van der Waals surface area contributed by atoms with Crippen molar-refractivity contribution in [3.63, 3.8) is 0 Å². The third kappa shape index (κ3) is 2.30. The number of benzene rings is 1. The van der Waals surface area contributed by atoms with E-state index in [1.165, 1.54) is 18.2 Å². The maximum atomic E-state index is 13.2. The van der Waals surface area contributed by atoms with Crippen LogP contribution in [-0.4, -0.2) is 17.6 Å². The molecule has 0 saturated carbocycles. The van der Waals surface area contributed by atoms with E-state index in [2.05, 4.69) is 15.9 Å². The van der Waals surface area contributed by atoms with Crippen LogP contribution < -0.4 is 5.73 Å². The second-order valence-electron chi connectivity index (χ2n) is 2.79. The van der Waals surface area contributed by atoms with Crippen molar-refractivity contribution in [1.82, 2.24) is 0 Å². The molecule has 3 N–H and O–H groups in total. The van der Waals surface area contributed by atoms with E-state index >= 15 is 0 Å². The molecule has 1 unspecified atom stereocenters. The number of nitrogens with two attached hydrogens (primary N) is 1. The summed E-state index contributed by atoms with van der Waals surface area (Å²) in [7, 11) is 0. The molecule has 0 bridgehead atoms. The molecule has 5 heteroatoms. The summed E-state index contributed by atoms with van der Waals surface area (Å²) >= 11 is 3.14. The Morgan fingerprint density at radius 3 is 2.79 bits per heavy atom. The molecule has 0 aliphatic heterocycles. The number of hydrogen-bond acceptors (Lipinski definition) is 2. The summed E-state index contributed by atoms with van der Waals surface area (Å²) in [5.74, 6) is -2.66. The van der Waals surface area contributed by atoms with E-state index in [1.807, 2.05) is 0 Å². The summed E-state index contributed by atoms with van der Waals surface area (Å²) in [5, 5.41) is 8.78. The van der Waals surface area contributed by atoms with Gasteiger partial charge < -0.3 is 10.8 Å². The van der Waals surface area contributed by atoms with Gasteiger partial charge in [-0.25, -0.2) is 4.39 Å². The number of aliphatic carboxylic acids is 1. The maximum Gasteiger partial charge on any atom is 0.312 e. The highest BCUT2D eigenvalue weighted by atomic mass is 79.9. The minimum absolute atomic E-state index is 0.106. The average Bonchev–Trinajstić information content (AvgIpc) is 2.11. The fourth-order valence-corrected chi connectivity index (χ4v) is 1.52. The van der Waals surface area contributed by atoms with Gasteiger partial charge in [0.25, 0.3) is 0 Å². The standard InChI is InChI=1S/C9H9BrFNO2/c10-5-1-2-8(11)6(3-5)7(4-12)9(13)14/h1-3,7H,4,12H2,(H,13,14). The molecule has 0 fully saturated rings. The highest BCUT2D eigenvalue weighted by Crippen LogP contribution is 2.22. The molecule has 0 saturated heterocycles. The van der Waals surface area contributed by atoms with Gasteiger partial charge in [-0.1, -0.05) is 15.9 Å². The van der Waals surface area contributed by atoms with Gasteiger partial charge in [-0.2, -0.15) is 0 Å². The molecule has 0 radical (unpaired) electrons. The van der Waals surface area contributed by atoms with E-state index in [0.717, 1.165) is 0 Å². The zero-order valence-electron chi connectivity index (χ0n) is 7.21. The Kier molecular flexibility index (Phi) is 3.60. The van der Waals surface area contributed by atoms with Gasteiger partial charge in [0.05, 0.1) is 5.92 Å². The third-order valence-electron chi connectivity index (χ3n) is 1.87. The molecule has 0 aliphatic carbocycles. The zero-order chi connectivity index (χ0) is 10.7. The maximum absolute atomic E-state index is 13.2. The molecule has 1 aromatic rings. The summed E-state index contributed by atoms with van der Waals surface area (Å²) < 4.78 is 13.9. The predicted octanol–water partition coefficient (Wildman–Crippen LogP) is 1.72. The molecule has 76 valence electrons. The van der Waals surface area contributed by atoms with Crippen LogP contribution in [0.3, 0.4) is 0 Å². The summed E-state index contributed by atoms with van der Waals surface area (Å²) in [6.45, 7) is -0.122. The van der Waals surface area contributed by atoms with Gasteiger partial charge in [-0.15, -0.1) is 0 Å². The van der Waals surface area contributed by atoms with Crippen LogP contribution in [0.25, 0.3) is 0 Å². The van der Waals surface area contributed by atoms with Crippen LogP contribution in [-0.2, 0) is 4.79 Å². The van der Waals surface area contributed by atoms with Crippen molar-refractivity contribution in [2.24, 2.45) is 5.73 Å². The van der Waals surface area contributed by atoms with Crippen LogP contribution in [0.2, 0.25) is 0 Å². The Morgan fingerprint density at radius 1 is 1.64 bits per heavy atom. The normalized spacial score (nSPS) is 12.5. The molecule has 1 aromatic carbocycles. The van der Waals surface area contributed by atoms with Crippen molar-refractivity contribution in [3.8, 4) is 0 Å². The lowest BCUT2D eigenvalue weighted by molar-refractivity contribution is -0.138.